The highest BCUT2D eigenvalue weighted by atomic mass is 35.5. The van der Waals surface area contributed by atoms with Crippen LogP contribution in [0.1, 0.15) is 18.4 Å². The summed E-state index contributed by atoms with van der Waals surface area (Å²) in [6, 6.07) is 5.52. The third kappa shape index (κ3) is 3.36. The lowest BCUT2D eigenvalue weighted by Gasteiger charge is -2.22. The molecule has 1 aromatic carbocycles. The molecular weight excluding hydrogens is 257 g/mol. The van der Waals surface area contributed by atoms with E-state index in [0.29, 0.717) is 11.3 Å². The number of hydrogen-bond donors (Lipinski definition) is 1. The van der Waals surface area contributed by atoms with Gasteiger partial charge in [-0.2, -0.15) is 11.8 Å². The Morgan fingerprint density at radius 1 is 1.59 bits per heavy atom. The van der Waals surface area contributed by atoms with E-state index in [1.54, 1.807) is 12.1 Å². The molecule has 17 heavy (non-hydrogen) atoms. The predicted molar refractivity (Wildman–Crippen MR) is 73.4 cm³/mol. The minimum absolute atomic E-state index is 0.199. The van der Waals surface area contributed by atoms with Crippen LogP contribution in [0.25, 0.3) is 0 Å². The molecule has 2 rings (SSSR count). The number of hydrogen-bond acceptors (Lipinski definition) is 2. The van der Waals surface area contributed by atoms with Crippen molar-refractivity contribution in [1.82, 2.24) is 5.32 Å². The van der Waals surface area contributed by atoms with Crippen molar-refractivity contribution in [3.63, 3.8) is 0 Å². The average Bonchev–Trinajstić information content (AvgIpc) is 2.84. The lowest BCUT2D eigenvalue weighted by Crippen LogP contribution is -2.36. The summed E-state index contributed by atoms with van der Waals surface area (Å²) < 4.78 is 13.4. The zero-order valence-corrected chi connectivity index (χ0v) is 11.5. The molecule has 1 aliphatic heterocycles. The van der Waals surface area contributed by atoms with Gasteiger partial charge in [0.25, 0.3) is 0 Å². The minimum Gasteiger partial charge on any atom is -0.316 e. The van der Waals surface area contributed by atoms with Crippen LogP contribution in [0, 0.1) is 5.82 Å². The van der Waals surface area contributed by atoms with Gasteiger partial charge in [-0.1, -0.05) is 17.7 Å². The van der Waals surface area contributed by atoms with Gasteiger partial charge in [0, 0.05) is 11.3 Å². The fourth-order valence-electron chi connectivity index (χ4n) is 2.26. The summed E-state index contributed by atoms with van der Waals surface area (Å²) in [4.78, 5) is 0. The second-order valence-electron chi connectivity index (χ2n) is 4.40. The molecular formula is C13H17ClFNS. The van der Waals surface area contributed by atoms with Crippen LogP contribution in [0.5, 0.6) is 0 Å². The van der Waals surface area contributed by atoms with Crippen molar-refractivity contribution < 1.29 is 4.39 Å². The third-order valence-corrected chi connectivity index (χ3v) is 5.05. The monoisotopic (exact) mass is 273 g/mol. The maximum atomic E-state index is 13.4. The molecule has 1 aromatic rings. The highest BCUT2D eigenvalue weighted by Gasteiger charge is 2.24. The van der Waals surface area contributed by atoms with Crippen LogP contribution in [0.2, 0.25) is 5.02 Å². The molecule has 1 saturated heterocycles. The van der Waals surface area contributed by atoms with Crippen molar-refractivity contribution in [1.29, 1.82) is 0 Å². The number of thioether (sulfide) groups is 1. The number of benzene rings is 1. The zero-order valence-electron chi connectivity index (χ0n) is 9.88. The first-order valence-corrected chi connectivity index (χ1v) is 7.36. The molecule has 2 unspecified atom stereocenters. The second-order valence-corrected chi connectivity index (χ2v) is 6.15. The highest BCUT2D eigenvalue weighted by Crippen LogP contribution is 2.30. The van der Waals surface area contributed by atoms with Gasteiger partial charge in [0.2, 0.25) is 0 Å². The van der Waals surface area contributed by atoms with E-state index in [4.69, 9.17) is 11.6 Å². The number of rotatable bonds is 4. The van der Waals surface area contributed by atoms with Crippen LogP contribution in [0.15, 0.2) is 18.2 Å². The Balaban J connectivity index is 2.04. The van der Waals surface area contributed by atoms with E-state index in [-0.39, 0.29) is 10.8 Å². The van der Waals surface area contributed by atoms with E-state index < -0.39 is 0 Å². The van der Waals surface area contributed by atoms with Gasteiger partial charge in [0.15, 0.2) is 0 Å². The summed E-state index contributed by atoms with van der Waals surface area (Å²) in [5.74, 6) is 0.927. The maximum absolute atomic E-state index is 13.4. The van der Waals surface area contributed by atoms with Crippen molar-refractivity contribution in [3.8, 4) is 0 Å². The van der Waals surface area contributed by atoms with Gasteiger partial charge in [0.1, 0.15) is 5.82 Å². The van der Waals surface area contributed by atoms with E-state index >= 15 is 0 Å². The molecule has 0 aromatic heterocycles. The topological polar surface area (TPSA) is 12.0 Å². The number of nitrogens with one attached hydrogen (secondary N) is 1. The predicted octanol–water partition coefficient (Wildman–Crippen LogP) is 3.51. The Morgan fingerprint density at radius 2 is 2.41 bits per heavy atom. The smallest absolute Gasteiger partial charge is 0.142 e. The maximum Gasteiger partial charge on any atom is 0.142 e. The normalized spacial score (nSPS) is 21.7. The van der Waals surface area contributed by atoms with Gasteiger partial charge in [-0.05, 0) is 49.8 Å². The van der Waals surface area contributed by atoms with Gasteiger partial charge in [-0.3, -0.25) is 0 Å². The first kappa shape index (κ1) is 13.2. The van der Waals surface area contributed by atoms with Gasteiger partial charge in [0.05, 0.1) is 5.02 Å². The van der Waals surface area contributed by atoms with Crippen LogP contribution in [0.4, 0.5) is 4.39 Å². The quantitative estimate of drug-likeness (QED) is 0.901. The van der Waals surface area contributed by atoms with Crippen LogP contribution in [-0.2, 0) is 6.42 Å². The molecule has 1 N–H and O–H groups in total. The van der Waals surface area contributed by atoms with E-state index in [1.165, 1.54) is 18.6 Å². The van der Waals surface area contributed by atoms with Crippen molar-refractivity contribution in [2.24, 2.45) is 0 Å². The minimum atomic E-state index is -0.321. The molecule has 0 saturated carbocycles. The van der Waals surface area contributed by atoms with E-state index in [9.17, 15) is 4.39 Å². The fourth-order valence-corrected chi connectivity index (χ4v) is 3.81. The summed E-state index contributed by atoms with van der Waals surface area (Å²) >= 11 is 7.70. The van der Waals surface area contributed by atoms with Crippen molar-refractivity contribution in [2.45, 2.75) is 30.6 Å². The zero-order chi connectivity index (χ0) is 12.3. The summed E-state index contributed by atoms with van der Waals surface area (Å²) in [7, 11) is 1.98. The summed E-state index contributed by atoms with van der Waals surface area (Å²) in [5.41, 5.74) is 1.01. The molecule has 0 amide bonds. The van der Waals surface area contributed by atoms with E-state index in [0.717, 1.165) is 12.0 Å². The van der Waals surface area contributed by atoms with Crippen LogP contribution in [0.3, 0.4) is 0 Å². The van der Waals surface area contributed by atoms with Gasteiger partial charge in [-0.15, -0.1) is 0 Å². The Hall–Kier alpha value is -0.250. The molecule has 1 heterocycles. The van der Waals surface area contributed by atoms with Gasteiger partial charge in [-0.25, -0.2) is 4.39 Å². The Bertz CT molecular complexity index is 380. The number of likely N-dealkylation sites (N-methyl/N-ethyl adjacent to an activating group) is 1. The van der Waals surface area contributed by atoms with Crippen molar-refractivity contribution in [3.05, 3.63) is 34.6 Å². The van der Waals surface area contributed by atoms with Gasteiger partial charge < -0.3 is 5.32 Å². The summed E-state index contributed by atoms with van der Waals surface area (Å²) in [6.45, 7) is 0. The number of halogens is 2. The average molecular weight is 274 g/mol. The molecule has 0 bridgehead atoms. The highest BCUT2D eigenvalue weighted by molar-refractivity contribution is 8.00. The molecule has 0 spiro atoms. The third-order valence-electron chi connectivity index (χ3n) is 3.22. The molecule has 0 radical (unpaired) electrons. The van der Waals surface area contributed by atoms with Crippen LogP contribution >= 0.6 is 23.4 Å². The molecule has 1 nitrogen and oxygen atoms in total. The Kier molecular flexibility index (Phi) is 4.71. The summed E-state index contributed by atoms with van der Waals surface area (Å²) in [5, 5.41) is 4.20. The van der Waals surface area contributed by atoms with Crippen molar-refractivity contribution >= 4 is 23.4 Å². The lowest BCUT2D eigenvalue weighted by atomic mass is 10.0. The van der Waals surface area contributed by atoms with E-state index in [2.05, 4.69) is 5.32 Å². The standard InChI is InChI=1S/C13H17ClFNS/c1-16-12(13-3-2-6-17-13)8-9-4-5-10(14)11(15)7-9/h4-5,7,12-13,16H,2-3,6,8H2,1H3. The molecule has 0 aliphatic carbocycles. The molecule has 2 atom stereocenters. The molecule has 4 heteroatoms. The van der Waals surface area contributed by atoms with Crippen LogP contribution < -0.4 is 5.32 Å². The molecule has 94 valence electrons. The Morgan fingerprint density at radius 3 is 3.00 bits per heavy atom. The fraction of sp³-hybridized carbons (Fsp3) is 0.538. The SMILES string of the molecule is CNC(Cc1ccc(Cl)c(F)c1)C1CCCS1. The first-order chi connectivity index (χ1) is 8.20. The second kappa shape index (κ2) is 6.07. The largest absolute Gasteiger partial charge is 0.316 e. The van der Waals surface area contributed by atoms with Gasteiger partial charge >= 0.3 is 0 Å². The van der Waals surface area contributed by atoms with Crippen LogP contribution in [-0.4, -0.2) is 24.1 Å². The Labute approximate surface area is 111 Å². The molecule has 1 fully saturated rings. The molecule has 1 aliphatic rings. The summed E-state index contributed by atoms with van der Waals surface area (Å²) in [6.07, 6.45) is 3.41. The van der Waals surface area contributed by atoms with E-state index in [1.807, 2.05) is 24.9 Å². The van der Waals surface area contributed by atoms with Crippen molar-refractivity contribution in [2.75, 3.05) is 12.8 Å². The first-order valence-electron chi connectivity index (χ1n) is 5.93. The lowest BCUT2D eigenvalue weighted by molar-refractivity contribution is 0.522.